The molecule has 3 aromatic rings. The van der Waals surface area contributed by atoms with E-state index in [-0.39, 0.29) is 11.1 Å². The number of hydrogen-bond donors (Lipinski definition) is 0. The lowest BCUT2D eigenvalue weighted by Gasteiger charge is -2.43. The van der Waals surface area contributed by atoms with Crippen molar-refractivity contribution in [3.63, 3.8) is 0 Å². The maximum atomic E-state index is 7.06. The summed E-state index contributed by atoms with van der Waals surface area (Å²) in [5.41, 5.74) is 2.56. The molecule has 0 aromatic heterocycles. The van der Waals surface area contributed by atoms with Crippen molar-refractivity contribution in [2.24, 2.45) is 0 Å². The normalized spacial score (nSPS) is 16.6. The number of ether oxygens (including phenoxy) is 1. The number of rotatable bonds is 7. The summed E-state index contributed by atoms with van der Waals surface area (Å²) in [7, 11) is -2.52. The van der Waals surface area contributed by atoms with Crippen LogP contribution in [-0.2, 0) is 9.16 Å². The maximum Gasteiger partial charge on any atom is 0.261 e. The van der Waals surface area contributed by atoms with Crippen LogP contribution in [0.5, 0.6) is 0 Å². The second-order valence-corrected chi connectivity index (χ2v) is 13.9. The van der Waals surface area contributed by atoms with Crippen molar-refractivity contribution in [2.45, 2.75) is 44.8 Å². The fraction of sp³-hybridized carbons (Fsp3) is 0.267. The number of benzene rings is 3. The molecule has 170 valence electrons. The van der Waals surface area contributed by atoms with Crippen LogP contribution in [0.2, 0.25) is 5.04 Å². The van der Waals surface area contributed by atoms with E-state index in [1.165, 1.54) is 21.5 Å². The van der Waals surface area contributed by atoms with Crippen molar-refractivity contribution in [3.8, 4) is 0 Å². The van der Waals surface area contributed by atoms with Gasteiger partial charge in [0.15, 0.2) is 0 Å². The van der Waals surface area contributed by atoms with E-state index in [4.69, 9.17) is 9.16 Å². The van der Waals surface area contributed by atoms with Crippen molar-refractivity contribution < 1.29 is 9.16 Å². The topological polar surface area (TPSA) is 18.5 Å². The monoisotopic (exact) mass is 454 g/mol. The minimum atomic E-state index is -2.52. The summed E-state index contributed by atoms with van der Waals surface area (Å²) in [6.07, 6.45) is 7.91. The Morgan fingerprint density at radius 3 is 1.91 bits per heavy atom. The van der Waals surface area contributed by atoms with E-state index in [9.17, 15) is 0 Å². The average molecular weight is 455 g/mol. The van der Waals surface area contributed by atoms with Gasteiger partial charge in [-0.1, -0.05) is 112 Å². The highest BCUT2D eigenvalue weighted by Crippen LogP contribution is 2.37. The Labute approximate surface area is 199 Å². The molecular weight excluding hydrogens is 420 g/mol. The second kappa shape index (κ2) is 10.4. The van der Waals surface area contributed by atoms with E-state index < -0.39 is 8.32 Å². The van der Waals surface area contributed by atoms with Crippen LogP contribution in [-0.4, -0.2) is 21.0 Å². The third-order valence-corrected chi connectivity index (χ3v) is 11.4. The SMILES string of the molecule is CC(C)(C)[Si](OCCC1C=C(c2ccccc2)CC=CO1)(c1ccccc1)c1ccccc1. The van der Waals surface area contributed by atoms with Crippen LogP contribution >= 0.6 is 0 Å². The van der Waals surface area contributed by atoms with E-state index in [1.807, 2.05) is 6.26 Å². The van der Waals surface area contributed by atoms with Crippen molar-refractivity contribution >= 4 is 24.3 Å². The average Bonchev–Trinajstić information content (AvgIpc) is 3.09. The first-order valence-corrected chi connectivity index (χ1v) is 13.7. The zero-order chi connectivity index (χ0) is 23.2. The van der Waals surface area contributed by atoms with Crippen LogP contribution in [0, 0.1) is 0 Å². The summed E-state index contributed by atoms with van der Waals surface area (Å²) < 4.78 is 13.1. The highest BCUT2D eigenvalue weighted by atomic mass is 28.4. The molecule has 3 aromatic carbocycles. The summed E-state index contributed by atoms with van der Waals surface area (Å²) in [5, 5.41) is 2.60. The summed E-state index contributed by atoms with van der Waals surface area (Å²) in [6, 6.07) is 32.2. The molecule has 0 N–H and O–H groups in total. The van der Waals surface area contributed by atoms with E-state index in [0.29, 0.717) is 6.61 Å². The molecule has 1 aliphatic rings. The molecule has 33 heavy (non-hydrogen) atoms. The Morgan fingerprint density at radius 1 is 0.818 bits per heavy atom. The second-order valence-electron chi connectivity index (χ2n) is 9.61. The highest BCUT2D eigenvalue weighted by molar-refractivity contribution is 6.99. The Kier molecular flexibility index (Phi) is 7.31. The third kappa shape index (κ3) is 5.21. The molecule has 0 radical (unpaired) electrons. The van der Waals surface area contributed by atoms with E-state index in [0.717, 1.165) is 12.8 Å². The standard InChI is InChI=1S/C30H34O2Si/c1-30(2,3)33(28-17-9-5-10-18-28,29-19-11-6-12-20-29)32-23-21-27-24-26(16-13-22-31-27)25-14-7-4-8-15-25/h4-15,17-20,22,24,27H,16,21,23H2,1-3H3. The van der Waals surface area contributed by atoms with E-state index in [1.54, 1.807) is 0 Å². The molecule has 0 saturated heterocycles. The molecule has 0 bridgehead atoms. The van der Waals surface area contributed by atoms with Crippen LogP contribution in [0.15, 0.2) is 109 Å². The third-order valence-electron chi connectivity index (χ3n) is 6.36. The lowest BCUT2D eigenvalue weighted by Crippen LogP contribution is -2.66. The van der Waals surface area contributed by atoms with Crippen LogP contribution in [0.3, 0.4) is 0 Å². The van der Waals surface area contributed by atoms with Gasteiger partial charge in [-0.25, -0.2) is 0 Å². The minimum absolute atomic E-state index is 0.00262. The van der Waals surface area contributed by atoms with E-state index >= 15 is 0 Å². The summed E-state index contributed by atoms with van der Waals surface area (Å²) >= 11 is 0. The largest absolute Gasteiger partial charge is 0.494 e. The van der Waals surface area contributed by atoms with Crippen LogP contribution in [0.1, 0.15) is 39.2 Å². The van der Waals surface area contributed by atoms with Gasteiger partial charge in [0.25, 0.3) is 8.32 Å². The first-order valence-electron chi connectivity index (χ1n) is 11.8. The van der Waals surface area contributed by atoms with Gasteiger partial charge < -0.3 is 9.16 Å². The van der Waals surface area contributed by atoms with Crippen molar-refractivity contribution in [2.75, 3.05) is 6.61 Å². The maximum absolute atomic E-state index is 7.06. The Hall–Kier alpha value is -2.88. The molecule has 1 heterocycles. The predicted octanol–water partition coefficient (Wildman–Crippen LogP) is 6.34. The van der Waals surface area contributed by atoms with E-state index in [2.05, 4.69) is 124 Å². The van der Waals surface area contributed by atoms with Crippen LogP contribution < -0.4 is 10.4 Å². The molecule has 1 atom stereocenters. The molecule has 0 fully saturated rings. The first-order chi connectivity index (χ1) is 16.0. The van der Waals surface area contributed by atoms with Gasteiger partial charge in [0, 0.05) is 13.0 Å². The predicted molar refractivity (Wildman–Crippen MR) is 141 cm³/mol. The highest BCUT2D eigenvalue weighted by Gasteiger charge is 2.50. The number of allylic oxidation sites excluding steroid dienone is 2. The first kappa shape index (κ1) is 23.3. The van der Waals surface area contributed by atoms with Crippen LogP contribution in [0.4, 0.5) is 0 Å². The zero-order valence-corrected chi connectivity index (χ0v) is 20.9. The molecule has 0 amide bonds. The lowest BCUT2D eigenvalue weighted by molar-refractivity contribution is 0.151. The van der Waals surface area contributed by atoms with Gasteiger partial charge in [-0.05, 0) is 45.1 Å². The molecule has 2 nitrogen and oxygen atoms in total. The fourth-order valence-corrected chi connectivity index (χ4v) is 9.35. The molecule has 0 spiro atoms. The van der Waals surface area contributed by atoms with Gasteiger partial charge in [0.05, 0.1) is 6.26 Å². The van der Waals surface area contributed by atoms with Gasteiger partial charge in [-0.2, -0.15) is 0 Å². The van der Waals surface area contributed by atoms with Crippen LogP contribution in [0.25, 0.3) is 5.57 Å². The molecule has 0 saturated carbocycles. The fourth-order valence-electron chi connectivity index (χ4n) is 4.77. The van der Waals surface area contributed by atoms with Crippen molar-refractivity contribution in [1.82, 2.24) is 0 Å². The summed E-state index contributed by atoms with van der Waals surface area (Å²) in [5.74, 6) is 0. The quantitative estimate of drug-likeness (QED) is 0.388. The number of hydrogen-bond acceptors (Lipinski definition) is 2. The molecular formula is C30H34O2Si. The minimum Gasteiger partial charge on any atom is -0.494 e. The van der Waals surface area contributed by atoms with Gasteiger partial charge in [-0.15, -0.1) is 0 Å². The Morgan fingerprint density at radius 2 is 1.36 bits per heavy atom. The molecule has 4 rings (SSSR count). The smallest absolute Gasteiger partial charge is 0.261 e. The molecule has 1 unspecified atom stereocenters. The van der Waals surface area contributed by atoms with Gasteiger partial charge in [-0.3, -0.25) is 0 Å². The molecule has 3 heteroatoms. The van der Waals surface area contributed by atoms with Gasteiger partial charge >= 0.3 is 0 Å². The summed E-state index contributed by atoms with van der Waals surface area (Å²) in [4.78, 5) is 0. The Balaban J connectivity index is 1.61. The van der Waals surface area contributed by atoms with Gasteiger partial charge in [0.2, 0.25) is 0 Å². The van der Waals surface area contributed by atoms with Crippen molar-refractivity contribution in [1.29, 1.82) is 0 Å². The Bertz CT molecular complexity index is 1030. The molecule has 0 aliphatic carbocycles. The van der Waals surface area contributed by atoms with Gasteiger partial charge in [0.1, 0.15) is 6.10 Å². The zero-order valence-electron chi connectivity index (χ0n) is 19.9. The van der Waals surface area contributed by atoms with Crippen molar-refractivity contribution in [3.05, 3.63) is 115 Å². The summed E-state index contributed by atoms with van der Waals surface area (Å²) in [6.45, 7) is 7.59. The lowest BCUT2D eigenvalue weighted by atomic mass is 10.0. The molecule has 1 aliphatic heterocycles.